The SMILES string of the molecule is O=C1NC(=S)SC1=Cc1cc([N+](=O)[O-])ccc1OCCOc1ccccc1. The zero-order chi connectivity index (χ0) is 19.2. The molecule has 0 unspecified atom stereocenters. The van der Waals surface area contributed by atoms with Crippen LogP contribution in [0.15, 0.2) is 53.4 Å². The van der Waals surface area contributed by atoms with Crippen LogP contribution in [-0.2, 0) is 4.79 Å². The highest BCUT2D eigenvalue weighted by Crippen LogP contribution is 2.31. The van der Waals surface area contributed by atoms with Crippen LogP contribution >= 0.6 is 24.0 Å². The lowest BCUT2D eigenvalue weighted by molar-refractivity contribution is -0.384. The Kier molecular flexibility index (Phi) is 6.05. The Balaban J connectivity index is 1.73. The fraction of sp³-hybridized carbons (Fsp3) is 0.111. The topological polar surface area (TPSA) is 90.7 Å². The summed E-state index contributed by atoms with van der Waals surface area (Å²) in [6.45, 7) is 0.539. The van der Waals surface area contributed by atoms with Gasteiger partial charge in [-0.1, -0.05) is 42.2 Å². The van der Waals surface area contributed by atoms with Crippen LogP contribution < -0.4 is 14.8 Å². The van der Waals surface area contributed by atoms with Gasteiger partial charge >= 0.3 is 0 Å². The third-order valence-electron chi connectivity index (χ3n) is 3.49. The van der Waals surface area contributed by atoms with Gasteiger partial charge in [0, 0.05) is 17.7 Å². The van der Waals surface area contributed by atoms with E-state index in [0.717, 1.165) is 17.5 Å². The van der Waals surface area contributed by atoms with E-state index >= 15 is 0 Å². The first-order chi connectivity index (χ1) is 13.0. The predicted molar refractivity (Wildman–Crippen MR) is 107 cm³/mol. The minimum atomic E-state index is -0.503. The minimum absolute atomic E-state index is 0.0966. The smallest absolute Gasteiger partial charge is 0.270 e. The Bertz CT molecular complexity index is 915. The van der Waals surface area contributed by atoms with Gasteiger partial charge in [-0.15, -0.1) is 0 Å². The Labute approximate surface area is 164 Å². The molecule has 0 radical (unpaired) electrons. The summed E-state index contributed by atoms with van der Waals surface area (Å²) in [6.07, 6.45) is 1.53. The molecule has 7 nitrogen and oxygen atoms in total. The van der Waals surface area contributed by atoms with Crippen molar-refractivity contribution < 1.29 is 19.2 Å². The number of hydrogen-bond acceptors (Lipinski definition) is 7. The van der Waals surface area contributed by atoms with Crippen molar-refractivity contribution in [1.29, 1.82) is 0 Å². The summed E-state index contributed by atoms with van der Waals surface area (Å²) in [5, 5.41) is 13.6. The summed E-state index contributed by atoms with van der Waals surface area (Å²) < 4.78 is 11.6. The minimum Gasteiger partial charge on any atom is -0.490 e. The van der Waals surface area contributed by atoms with Crippen LogP contribution in [0.4, 0.5) is 5.69 Å². The van der Waals surface area contributed by atoms with Gasteiger partial charge in [0.05, 0.1) is 9.83 Å². The third kappa shape index (κ3) is 5.05. The van der Waals surface area contributed by atoms with Crippen molar-refractivity contribution in [1.82, 2.24) is 5.32 Å². The average Bonchev–Trinajstić information content (AvgIpc) is 2.97. The summed E-state index contributed by atoms with van der Waals surface area (Å²) in [5.74, 6) is 0.797. The molecule has 1 aliphatic rings. The number of rotatable bonds is 7. The molecule has 1 amide bonds. The van der Waals surface area contributed by atoms with Crippen LogP contribution in [0.3, 0.4) is 0 Å². The maximum Gasteiger partial charge on any atom is 0.270 e. The molecule has 138 valence electrons. The maximum absolute atomic E-state index is 11.9. The molecule has 0 atom stereocenters. The predicted octanol–water partition coefficient (Wildman–Crippen LogP) is 3.54. The van der Waals surface area contributed by atoms with E-state index in [1.165, 1.54) is 24.3 Å². The molecule has 1 heterocycles. The lowest BCUT2D eigenvalue weighted by atomic mass is 10.1. The van der Waals surface area contributed by atoms with Gasteiger partial charge in [0.2, 0.25) is 0 Å². The number of thioether (sulfide) groups is 1. The van der Waals surface area contributed by atoms with Gasteiger partial charge in [-0.2, -0.15) is 0 Å². The summed E-state index contributed by atoms with van der Waals surface area (Å²) >= 11 is 6.05. The molecule has 1 fully saturated rings. The van der Waals surface area contributed by atoms with Gasteiger partial charge in [0.25, 0.3) is 11.6 Å². The van der Waals surface area contributed by atoms with E-state index in [1.807, 2.05) is 30.3 Å². The van der Waals surface area contributed by atoms with Gasteiger partial charge in [-0.05, 0) is 24.3 Å². The summed E-state index contributed by atoms with van der Waals surface area (Å²) in [5.41, 5.74) is 0.326. The van der Waals surface area contributed by atoms with Gasteiger partial charge in [-0.25, -0.2) is 0 Å². The van der Waals surface area contributed by atoms with E-state index in [9.17, 15) is 14.9 Å². The monoisotopic (exact) mass is 402 g/mol. The number of amides is 1. The van der Waals surface area contributed by atoms with Crippen molar-refractivity contribution >= 4 is 46.0 Å². The van der Waals surface area contributed by atoms with Gasteiger partial charge in [0.15, 0.2) is 0 Å². The second-order valence-electron chi connectivity index (χ2n) is 5.34. The number of carbonyl (C=O) groups is 1. The molecule has 0 aromatic heterocycles. The van der Waals surface area contributed by atoms with E-state index in [-0.39, 0.29) is 18.2 Å². The number of nitro benzene ring substituents is 1. The number of thiocarbonyl (C=S) groups is 1. The molecule has 1 saturated heterocycles. The Morgan fingerprint density at radius 3 is 2.56 bits per heavy atom. The fourth-order valence-electron chi connectivity index (χ4n) is 2.28. The first-order valence-electron chi connectivity index (χ1n) is 7.87. The number of ether oxygens (including phenoxy) is 2. The van der Waals surface area contributed by atoms with E-state index in [0.29, 0.717) is 27.1 Å². The number of hydrogen-bond donors (Lipinski definition) is 1. The van der Waals surface area contributed by atoms with Crippen molar-refractivity contribution in [2.45, 2.75) is 0 Å². The lowest BCUT2D eigenvalue weighted by Crippen LogP contribution is -2.17. The van der Waals surface area contributed by atoms with Crippen molar-refractivity contribution in [3.8, 4) is 11.5 Å². The zero-order valence-electron chi connectivity index (χ0n) is 13.9. The Hall–Kier alpha value is -2.91. The standard InChI is InChI=1S/C18H14N2O5S2/c21-17-16(27-18(26)19-17)11-12-10-13(20(22)23)6-7-15(12)25-9-8-24-14-4-2-1-3-5-14/h1-7,10-11H,8-9H2,(H,19,21,26). The number of para-hydroxylation sites is 1. The van der Waals surface area contributed by atoms with Crippen LogP contribution in [0.25, 0.3) is 6.08 Å². The Morgan fingerprint density at radius 1 is 1.15 bits per heavy atom. The third-order valence-corrected chi connectivity index (χ3v) is 4.65. The normalized spacial score (nSPS) is 14.9. The number of nitro groups is 1. The van der Waals surface area contributed by atoms with Crippen LogP contribution in [-0.4, -0.2) is 28.4 Å². The number of non-ortho nitro benzene ring substituents is 1. The highest BCUT2D eigenvalue weighted by atomic mass is 32.2. The van der Waals surface area contributed by atoms with E-state index < -0.39 is 4.92 Å². The van der Waals surface area contributed by atoms with Crippen LogP contribution in [0.5, 0.6) is 11.5 Å². The molecule has 0 saturated carbocycles. The van der Waals surface area contributed by atoms with Crippen molar-refractivity contribution in [2.75, 3.05) is 13.2 Å². The number of nitrogens with zero attached hydrogens (tertiary/aromatic N) is 1. The number of nitrogens with one attached hydrogen (secondary N) is 1. The molecular weight excluding hydrogens is 388 g/mol. The van der Waals surface area contributed by atoms with E-state index in [1.54, 1.807) is 0 Å². The van der Waals surface area contributed by atoms with Crippen molar-refractivity contribution in [3.63, 3.8) is 0 Å². The molecule has 0 spiro atoms. The molecule has 1 aliphatic heterocycles. The first-order valence-corrected chi connectivity index (χ1v) is 9.09. The lowest BCUT2D eigenvalue weighted by Gasteiger charge is -2.11. The molecule has 0 aliphatic carbocycles. The molecule has 2 aromatic rings. The van der Waals surface area contributed by atoms with E-state index in [2.05, 4.69) is 5.32 Å². The number of benzene rings is 2. The molecule has 1 N–H and O–H groups in total. The van der Waals surface area contributed by atoms with Gasteiger partial charge in [-0.3, -0.25) is 14.9 Å². The fourth-order valence-corrected chi connectivity index (χ4v) is 3.32. The summed E-state index contributed by atoms with van der Waals surface area (Å²) in [7, 11) is 0. The van der Waals surface area contributed by atoms with E-state index in [4.69, 9.17) is 21.7 Å². The van der Waals surface area contributed by atoms with Crippen molar-refractivity contribution in [3.05, 3.63) is 69.1 Å². The van der Waals surface area contributed by atoms with Crippen LogP contribution in [0.2, 0.25) is 0 Å². The second kappa shape index (κ2) is 8.65. The second-order valence-corrected chi connectivity index (χ2v) is 7.06. The molecule has 0 bridgehead atoms. The molecular formula is C18H14N2O5S2. The maximum atomic E-state index is 11.9. The van der Waals surface area contributed by atoms with Gasteiger partial charge in [0.1, 0.15) is 29.0 Å². The highest BCUT2D eigenvalue weighted by Gasteiger charge is 2.23. The highest BCUT2D eigenvalue weighted by molar-refractivity contribution is 8.26. The Morgan fingerprint density at radius 2 is 1.89 bits per heavy atom. The quantitative estimate of drug-likeness (QED) is 0.249. The summed E-state index contributed by atoms with van der Waals surface area (Å²) in [4.78, 5) is 22.8. The first kappa shape index (κ1) is 18.9. The summed E-state index contributed by atoms with van der Waals surface area (Å²) in [6, 6.07) is 13.5. The van der Waals surface area contributed by atoms with Gasteiger partial charge < -0.3 is 14.8 Å². The van der Waals surface area contributed by atoms with Crippen LogP contribution in [0.1, 0.15) is 5.56 Å². The van der Waals surface area contributed by atoms with Crippen molar-refractivity contribution in [2.24, 2.45) is 0 Å². The zero-order valence-corrected chi connectivity index (χ0v) is 15.5. The molecule has 3 rings (SSSR count). The largest absolute Gasteiger partial charge is 0.490 e. The average molecular weight is 402 g/mol. The molecule has 9 heteroatoms. The molecule has 27 heavy (non-hydrogen) atoms. The number of carbonyl (C=O) groups excluding carboxylic acids is 1. The van der Waals surface area contributed by atoms with Crippen LogP contribution in [0, 0.1) is 10.1 Å². The molecule has 2 aromatic carbocycles.